The van der Waals surface area contributed by atoms with Gasteiger partial charge in [0.25, 0.3) is 5.69 Å². The van der Waals surface area contributed by atoms with Crippen molar-refractivity contribution in [2.24, 2.45) is 0 Å². The molecule has 0 saturated carbocycles. The number of nitro benzene ring substituents is 1. The van der Waals surface area contributed by atoms with Gasteiger partial charge >= 0.3 is 0 Å². The molecule has 1 aliphatic heterocycles. The van der Waals surface area contributed by atoms with Gasteiger partial charge < -0.3 is 10.6 Å². The monoisotopic (exact) mass is 328 g/mol. The molecule has 0 unspecified atom stereocenters. The SMILES string of the molecule is O=[N+]([O-])c1ccc(Br)cc1NCCN1CCNCC1. The van der Waals surface area contributed by atoms with Crippen LogP contribution in [0.2, 0.25) is 0 Å². The molecule has 0 amide bonds. The standard InChI is InChI=1S/C12H17BrN4O2/c13-10-1-2-12(17(18)19)11(9-10)15-5-8-16-6-3-14-4-7-16/h1-2,9,14-15H,3-8H2. The molecule has 0 spiro atoms. The molecule has 1 aromatic carbocycles. The predicted molar refractivity (Wildman–Crippen MR) is 78.6 cm³/mol. The molecule has 1 aromatic rings. The van der Waals surface area contributed by atoms with E-state index in [4.69, 9.17) is 0 Å². The molecule has 1 aliphatic rings. The molecule has 0 radical (unpaired) electrons. The molecule has 0 aliphatic carbocycles. The number of piperazine rings is 1. The number of halogens is 1. The summed E-state index contributed by atoms with van der Waals surface area (Å²) in [7, 11) is 0. The Hall–Kier alpha value is -1.18. The minimum Gasteiger partial charge on any atom is -0.378 e. The molecule has 19 heavy (non-hydrogen) atoms. The van der Waals surface area contributed by atoms with Gasteiger partial charge in [0, 0.05) is 49.8 Å². The second-order valence-electron chi connectivity index (χ2n) is 4.44. The van der Waals surface area contributed by atoms with Gasteiger partial charge in [-0.15, -0.1) is 0 Å². The van der Waals surface area contributed by atoms with E-state index in [1.165, 1.54) is 6.07 Å². The maximum atomic E-state index is 10.9. The second-order valence-corrected chi connectivity index (χ2v) is 5.35. The molecule has 1 heterocycles. The number of hydrogen-bond donors (Lipinski definition) is 2. The number of nitro groups is 1. The number of benzene rings is 1. The minimum atomic E-state index is -0.362. The smallest absolute Gasteiger partial charge is 0.292 e. The van der Waals surface area contributed by atoms with E-state index >= 15 is 0 Å². The van der Waals surface area contributed by atoms with E-state index in [-0.39, 0.29) is 10.6 Å². The first-order chi connectivity index (χ1) is 9.16. The molecule has 104 valence electrons. The summed E-state index contributed by atoms with van der Waals surface area (Å²) in [6.45, 7) is 5.68. The van der Waals surface area contributed by atoms with Gasteiger partial charge in [-0.1, -0.05) is 15.9 Å². The van der Waals surface area contributed by atoms with E-state index in [9.17, 15) is 10.1 Å². The van der Waals surface area contributed by atoms with Crippen molar-refractivity contribution in [2.45, 2.75) is 0 Å². The molecule has 2 rings (SSSR count). The molecule has 0 atom stereocenters. The van der Waals surface area contributed by atoms with Crippen molar-refractivity contribution in [1.82, 2.24) is 10.2 Å². The van der Waals surface area contributed by atoms with E-state index in [0.29, 0.717) is 12.2 Å². The van der Waals surface area contributed by atoms with E-state index in [1.54, 1.807) is 12.1 Å². The third-order valence-corrected chi connectivity index (χ3v) is 3.60. The number of nitrogens with zero attached hydrogens (tertiary/aromatic N) is 2. The van der Waals surface area contributed by atoms with Crippen LogP contribution in [0.25, 0.3) is 0 Å². The number of hydrogen-bond acceptors (Lipinski definition) is 5. The van der Waals surface area contributed by atoms with Gasteiger partial charge in [0.2, 0.25) is 0 Å². The average Bonchev–Trinajstić information content (AvgIpc) is 2.39. The van der Waals surface area contributed by atoms with Crippen LogP contribution in [-0.4, -0.2) is 49.1 Å². The lowest BCUT2D eigenvalue weighted by atomic mass is 10.2. The van der Waals surface area contributed by atoms with Gasteiger partial charge in [-0.25, -0.2) is 0 Å². The van der Waals surface area contributed by atoms with Crippen LogP contribution in [0.5, 0.6) is 0 Å². The van der Waals surface area contributed by atoms with Gasteiger partial charge in [-0.05, 0) is 12.1 Å². The summed E-state index contributed by atoms with van der Waals surface area (Å²) in [5, 5.41) is 17.4. The first-order valence-electron chi connectivity index (χ1n) is 6.28. The zero-order valence-electron chi connectivity index (χ0n) is 10.6. The van der Waals surface area contributed by atoms with Crippen molar-refractivity contribution >= 4 is 27.3 Å². The molecular weight excluding hydrogens is 312 g/mol. The molecule has 2 N–H and O–H groups in total. The largest absolute Gasteiger partial charge is 0.378 e. The fraction of sp³-hybridized carbons (Fsp3) is 0.500. The minimum absolute atomic E-state index is 0.114. The van der Waals surface area contributed by atoms with Crippen LogP contribution in [-0.2, 0) is 0 Å². The van der Waals surface area contributed by atoms with Crippen LogP contribution < -0.4 is 10.6 Å². The van der Waals surface area contributed by atoms with Gasteiger partial charge in [0.1, 0.15) is 5.69 Å². The van der Waals surface area contributed by atoms with Gasteiger partial charge in [0.15, 0.2) is 0 Å². The molecular formula is C12H17BrN4O2. The lowest BCUT2D eigenvalue weighted by Gasteiger charge is -2.27. The van der Waals surface area contributed by atoms with E-state index < -0.39 is 0 Å². The molecule has 7 heteroatoms. The second kappa shape index (κ2) is 6.83. The highest BCUT2D eigenvalue weighted by molar-refractivity contribution is 9.10. The van der Waals surface area contributed by atoms with Crippen LogP contribution in [0.3, 0.4) is 0 Å². The van der Waals surface area contributed by atoms with Crippen LogP contribution in [0, 0.1) is 10.1 Å². The zero-order valence-corrected chi connectivity index (χ0v) is 12.1. The Morgan fingerprint density at radius 1 is 1.42 bits per heavy atom. The molecule has 1 fully saturated rings. The quantitative estimate of drug-likeness (QED) is 0.635. The van der Waals surface area contributed by atoms with Crippen LogP contribution in [0.1, 0.15) is 0 Å². The van der Waals surface area contributed by atoms with E-state index in [1.807, 2.05) is 0 Å². The normalized spacial score (nSPS) is 16.3. The third-order valence-electron chi connectivity index (χ3n) is 3.11. The van der Waals surface area contributed by atoms with Crippen molar-refractivity contribution < 1.29 is 4.92 Å². The zero-order chi connectivity index (χ0) is 13.7. The summed E-state index contributed by atoms with van der Waals surface area (Å²) in [5.41, 5.74) is 0.679. The lowest BCUT2D eigenvalue weighted by Crippen LogP contribution is -2.45. The fourth-order valence-electron chi connectivity index (χ4n) is 2.09. The Bertz CT molecular complexity index is 449. The highest BCUT2D eigenvalue weighted by Crippen LogP contribution is 2.27. The Morgan fingerprint density at radius 3 is 2.84 bits per heavy atom. The van der Waals surface area contributed by atoms with Crippen LogP contribution >= 0.6 is 15.9 Å². The topological polar surface area (TPSA) is 70.4 Å². The summed E-state index contributed by atoms with van der Waals surface area (Å²) >= 11 is 3.33. The Kier molecular flexibility index (Phi) is 5.12. The van der Waals surface area contributed by atoms with Gasteiger partial charge in [0.05, 0.1) is 4.92 Å². The van der Waals surface area contributed by atoms with Crippen molar-refractivity contribution in [3.05, 3.63) is 32.8 Å². The first kappa shape index (κ1) is 14.2. The predicted octanol–water partition coefficient (Wildman–Crippen LogP) is 1.67. The maximum absolute atomic E-state index is 10.9. The van der Waals surface area contributed by atoms with Crippen molar-refractivity contribution in [3.8, 4) is 0 Å². The van der Waals surface area contributed by atoms with Crippen LogP contribution in [0.15, 0.2) is 22.7 Å². The molecule has 1 saturated heterocycles. The lowest BCUT2D eigenvalue weighted by molar-refractivity contribution is -0.384. The van der Waals surface area contributed by atoms with Crippen LogP contribution in [0.4, 0.5) is 11.4 Å². The summed E-state index contributed by atoms with van der Waals surface area (Å²) in [5.74, 6) is 0. The highest BCUT2D eigenvalue weighted by Gasteiger charge is 2.14. The summed E-state index contributed by atoms with van der Waals surface area (Å²) < 4.78 is 0.836. The Labute approximate surface area is 120 Å². The Balaban J connectivity index is 1.91. The molecule has 0 aromatic heterocycles. The van der Waals surface area contributed by atoms with Gasteiger partial charge in [-0.3, -0.25) is 15.0 Å². The fourth-order valence-corrected chi connectivity index (χ4v) is 2.45. The summed E-state index contributed by atoms with van der Waals surface area (Å²) in [6.07, 6.45) is 0. The first-order valence-corrected chi connectivity index (χ1v) is 7.07. The third kappa shape index (κ3) is 4.15. The van der Waals surface area contributed by atoms with Crippen molar-refractivity contribution in [1.29, 1.82) is 0 Å². The Morgan fingerprint density at radius 2 is 2.16 bits per heavy atom. The van der Waals surface area contributed by atoms with E-state index in [0.717, 1.165) is 37.2 Å². The molecule has 6 nitrogen and oxygen atoms in total. The molecule has 0 bridgehead atoms. The summed E-state index contributed by atoms with van der Waals surface area (Å²) in [4.78, 5) is 12.9. The van der Waals surface area contributed by atoms with Gasteiger partial charge in [-0.2, -0.15) is 0 Å². The highest BCUT2D eigenvalue weighted by atomic mass is 79.9. The van der Waals surface area contributed by atoms with E-state index in [2.05, 4.69) is 31.5 Å². The number of anilines is 1. The van der Waals surface area contributed by atoms with Crippen molar-refractivity contribution in [3.63, 3.8) is 0 Å². The number of rotatable bonds is 5. The number of nitrogens with one attached hydrogen (secondary N) is 2. The van der Waals surface area contributed by atoms with Crippen molar-refractivity contribution in [2.75, 3.05) is 44.6 Å². The maximum Gasteiger partial charge on any atom is 0.292 e. The summed E-state index contributed by atoms with van der Waals surface area (Å²) in [6, 6.07) is 4.94. The average molecular weight is 329 g/mol.